The summed E-state index contributed by atoms with van der Waals surface area (Å²) in [5, 5.41) is 17.0. The van der Waals surface area contributed by atoms with Crippen molar-refractivity contribution < 1.29 is 4.79 Å². The molecule has 0 bridgehead atoms. The predicted octanol–water partition coefficient (Wildman–Crippen LogP) is 3.64. The van der Waals surface area contributed by atoms with E-state index in [2.05, 4.69) is 21.3 Å². The van der Waals surface area contributed by atoms with Gasteiger partial charge in [0.25, 0.3) is 0 Å². The minimum absolute atomic E-state index is 0.0514. The van der Waals surface area contributed by atoms with E-state index >= 15 is 0 Å². The Labute approximate surface area is 158 Å². The molecule has 1 atom stereocenters. The first kappa shape index (κ1) is 18.5. The van der Waals surface area contributed by atoms with Gasteiger partial charge in [0, 0.05) is 12.6 Å². The van der Waals surface area contributed by atoms with Gasteiger partial charge in [0.2, 0.25) is 11.1 Å². The van der Waals surface area contributed by atoms with Crippen molar-refractivity contribution in [1.82, 2.24) is 20.1 Å². The summed E-state index contributed by atoms with van der Waals surface area (Å²) in [6, 6.07) is 12.1. The van der Waals surface area contributed by atoms with E-state index in [4.69, 9.17) is 0 Å². The van der Waals surface area contributed by atoms with Crippen LogP contribution in [0.5, 0.6) is 0 Å². The highest BCUT2D eigenvalue weighted by atomic mass is 32.2. The topological polar surface area (TPSA) is 85.7 Å². The molecule has 1 amide bonds. The molecular weight excluding hydrogens is 346 g/mol. The summed E-state index contributed by atoms with van der Waals surface area (Å²) in [7, 11) is 1.75. The number of nitrogens with zero attached hydrogens (tertiary/aromatic N) is 4. The highest BCUT2D eigenvalue weighted by Gasteiger charge is 2.40. The Balaban J connectivity index is 1.68. The van der Waals surface area contributed by atoms with Crippen LogP contribution in [0.1, 0.15) is 39.0 Å². The SMILES string of the molecule is C[C@H](Sc1n[nH]c(-c2ccccc2)n1)C(=O)N(C)C1(C#N)CCCCC1. The molecule has 0 aliphatic heterocycles. The maximum Gasteiger partial charge on any atom is 0.236 e. The lowest BCUT2D eigenvalue weighted by molar-refractivity contribution is -0.133. The summed E-state index contributed by atoms with van der Waals surface area (Å²) < 4.78 is 0. The Morgan fingerprint density at radius 1 is 1.31 bits per heavy atom. The zero-order valence-electron chi connectivity index (χ0n) is 15.1. The van der Waals surface area contributed by atoms with E-state index < -0.39 is 5.54 Å². The lowest BCUT2D eigenvalue weighted by Gasteiger charge is -2.39. The third kappa shape index (κ3) is 3.75. The van der Waals surface area contributed by atoms with E-state index in [1.54, 1.807) is 11.9 Å². The second-order valence-corrected chi connectivity index (χ2v) is 8.00. The molecule has 7 heteroatoms. The highest BCUT2D eigenvalue weighted by Crippen LogP contribution is 2.34. The fourth-order valence-electron chi connectivity index (χ4n) is 3.38. The van der Waals surface area contributed by atoms with Gasteiger partial charge in [0.05, 0.1) is 11.3 Å². The van der Waals surface area contributed by atoms with Crippen molar-refractivity contribution in [2.45, 2.75) is 55.0 Å². The summed E-state index contributed by atoms with van der Waals surface area (Å²) in [4.78, 5) is 19.0. The van der Waals surface area contributed by atoms with E-state index in [1.165, 1.54) is 11.8 Å². The maximum atomic E-state index is 12.9. The van der Waals surface area contributed by atoms with Crippen molar-refractivity contribution in [2.75, 3.05) is 7.05 Å². The number of benzene rings is 1. The minimum atomic E-state index is -0.668. The largest absolute Gasteiger partial charge is 0.326 e. The van der Waals surface area contributed by atoms with E-state index in [0.29, 0.717) is 11.0 Å². The van der Waals surface area contributed by atoms with Crippen LogP contribution >= 0.6 is 11.8 Å². The van der Waals surface area contributed by atoms with Gasteiger partial charge in [-0.25, -0.2) is 4.98 Å². The highest BCUT2D eigenvalue weighted by molar-refractivity contribution is 8.00. The standard InChI is InChI=1S/C19H23N5OS/c1-14(17(25)24(2)19(13-20)11-7-4-8-12-19)26-18-21-16(22-23-18)15-9-5-3-6-10-15/h3,5-6,9-10,14H,4,7-8,11-12H2,1-2H3,(H,21,22,23)/t14-/m0/s1. The van der Waals surface area contributed by atoms with Crippen molar-refractivity contribution in [2.24, 2.45) is 0 Å². The molecule has 1 fully saturated rings. The van der Waals surface area contributed by atoms with Crippen LogP contribution in [0.3, 0.4) is 0 Å². The van der Waals surface area contributed by atoms with Gasteiger partial charge in [-0.3, -0.25) is 9.89 Å². The normalized spacial score (nSPS) is 17.3. The van der Waals surface area contributed by atoms with Crippen LogP contribution in [0.4, 0.5) is 0 Å². The number of hydrogen-bond donors (Lipinski definition) is 1. The van der Waals surface area contributed by atoms with Crippen LogP contribution < -0.4 is 0 Å². The Bertz CT molecular complexity index is 792. The van der Waals surface area contributed by atoms with Gasteiger partial charge in [-0.1, -0.05) is 61.4 Å². The first-order valence-electron chi connectivity index (χ1n) is 8.89. The maximum absolute atomic E-state index is 12.9. The van der Waals surface area contributed by atoms with Crippen LogP contribution in [0.15, 0.2) is 35.5 Å². The third-order valence-electron chi connectivity index (χ3n) is 5.00. The molecule has 0 unspecified atom stereocenters. The predicted molar refractivity (Wildman–Crippen MR) is 101 cm³/mol. The number of aromatic nitrogens is 3. The zero-order valence-corrected chi connectivity index (χ0v) is 15.9. The Morgan fingerprint density at radius 3 is 2.65 bits per heavy atom. The second kappa shape index (κ2) is 7.92. The molecule has 26 heavy (non-hydrogen) atoms. The first-order chi connectivity index (χ1) is 12.6. The summed E-state index contributed by atoms with van der Waals surface area (Å²) >= 11 is 1.31. The summed E-state index contributed by atoms with van der Waals surface area (Å²) in [6.45, 7) is 1.84. The number of H-pyrrole nitrogens is 1. The number of thioether (sulfide) groups is 1. The number of amides is 1. The van der Waals surface area contributed by atoms with Crippen LogP contribution in [0.25, 0.3) is 11.4 Å². The van der Waals surface area contributed by atoms with Crippen molar-refractivity contribution in [3.8, 4) is 17.5 Å². The Hall–Kier alpha value is -2.33. The van der Waals surface area contributed by atoms with Gasteiger partial charge in [-0.15, -0.1) is 5.10 Å². The molecule has 6 nitrogen and oxygen atoms in total. The Morgan fingerprint density at radius 2 is 2.00 bits per heavy atom. The number of carbonyl (C=O) groups is 1. The summed E-state index contributed by atoms with van der Waals surface area (Å²) in [5.41, 5.74) is 0.284. The number of hydrogen-bond acceptors (Lipinski definition) is 5. The smallest absolute Gasteiger partial charge is 0.236 e. The lowest BCUT2D eigenvalue weighted by atomic mass is 9.81. The van der Waals surface area contributed by atoms with E-state index in [1.807, 2.05) is 37.3 Å². The molecule has 1 aromatic heterocycles. The van der Waals surface area contributed by atoms with Crippen LogP contribution in [-0.2, 0) is 4.79 Å². The quantitative estimate of drug-likeness (QED) is 0.813. The molecule has 1 N–H and O–H groups in total. The number of carbonyl (C=O) groups excluding carboxylic acids is 1. The molecule has 0 radical (unpaired) electrons. The first-order valence-corrected chi connectivity index (χ1v) is 9.77. The zero-order chi connectivity index (χ0) is 18.6. The molecule has 0 spiro atoms. The molecule has 1 aliphatic carbocycles. The van der Waals surface area contributed by atoms with Gasteiger partial charge < -0.3 is 4.90 Å². The molecule has 1 aliphatic rings. The molecule has 1 aromatic carbocycles. The van der Waals surface area contributed by atoms with Gasteiger partial charge in [0.15, 0.2) is 5.82 Å². The number of nitriles is 1. The monoisotopic (exact) mass is 369 g/mol. The van der Waals surface area contributed by atoms with Crippen molar-refractivity contribution in [1.29, 1.82) is 5.26 Å². The third-order valence-corrected chi connectivity index (χ3v) is 5.95. The van der Waals surface area contributed by atoms with Crippen LogP contribution in [0.2, 0.25) is 0 Å². The summed E-state index contributed by atoms with van der Waals surface area (Å²) in [6.07, 6.45) is 4.63. The van der Waals surface area contributed by atoms with Crippen molar-refractivity contribution >= 4 is 17.7 Å². The molecule has 3 rings (SSSR count). The van der Waals surface area contributed by atoms with E-state index in [0.717, 1.165) is 37.7 Å². The molecule has 2 aromatic rings. The van der Waals surface area contributed by atoms with Gasteiger partial charge >= 0.3 is 0 Å². The molecule has 0 saturated heterocycles. The molecular formula is C19H23N5OS. The van der Waals surface area contributed by atoms with Crippen molar-refractivity contribution in [3.05, 3.63) is 30.3 Å². The van der Waals surface area contributed by atoms with Gasteiger partial charge in [-0.05, 0) is 19.8 Å². The number of nitrogens with one attached hydrogen (secondary N) is 1. The Kier molecular flexibility index (Phi) is 5.62. The lowest BCUT2D eigenvalue weighted by Crippen LogP contribution is -2.52. The van der Waals surface area contributed by atoms with E-state index in [-0.39, 0.29) is 11.2 Å². The number of aromatic amines is 1. The molecule has 1 saturated carbocycles. The molecule has 136 valence electrons. The van der Waals surface area contributed by atoms with Crippen LogP contribution in [0, 0.1) is 11.3 Å². The van der Waals surface area contributed by atoms with Crippen molar-refractivity contribution in [3.63, 3.8) is 0 Å². The molecule has 1 heterocycles. The van der Waals surface area contributed by atoms with E-state index in [9.17, 15) is 10.1 Å². The number of rotatable bonds is 5. The second-order valence-electron chi connectivity index (χ2n) is 6.69. The minimum Gasteiger partial charge on any atom is -0.326 e. The summed E-state index contributed by atoms with van der Waals surface area (Å²) in [5.74, 6) is 0.631. The fourth-order valence-corrected chi connectivity index (χ4v) is 4.19. The average molecular weight is 369 g/mol. The van der Waals surface area contributed by atoms with Crippen LogP contribution in [-0.4, -0.2) is 43.8 Å². The average Bonchev–Trinajstić information content (AvgIpc) is 3.16. The fraction of sp³-hybridized carbons (Fsp3) is 0.474. The van der Waals surface area contributed by atoms with Gasteiger partial charge in [0.1, 0.15) is 5.54 Å². The van der Waals surface area contributed by atoms with Gasteiger partial charge in [-0.2, -0.15) is 5.26 Å².